The van der Waals surface area contributed by atoms with Crippen LogP contribution in [0.4, 0.5) is 0 Å². The van der Waals surface area contributed by atoms with E-state index in [0.29, 0.717) is 0 Å². The Morgan fingerprint density at radius 1 is 0.919 bits per heavy atom. The van der Waals surface area contributed by atoms with Crippen LogP contribution in [-0.2, 0) is 13.0 Å². The van der Waals surface area contributed by atoms with Crippen LogP contribution >= 0.6 is 0 Å². The van der Waals surface area contributed by atoms with E-state index >= 15 is 0 Å². The molecular weight excluding hydrogens is 454 g/mol. The zero-order chi connectivity index (χ0) is 26.8. The van der Waals surface area contributed by atoms with Crippen molar-refractivity contribution in [2.45, 2.75) is 47.6 Å². The van der Waals surface area contributed by atoms with Crippen molar-refractivity contribution in [3.63, 3.8) is 0 Å². The molecule has 0 amide bonds. The minimum atomic E-state index is 0.718. The van der Waals surface area contributed by atoms with Crippen LogP contribution < -0.4 is 0 Å². The van der Waals surface area contributed by atoms with Gasteiger partial charge in [0, 0.05) is 34.4 Å². The molecule has 37 heavy (non-hydrogen) atoms. The monoisotopic (exact) mass is 491 g/mol. The lowest BCUT2D eigenvalue weighted by Gasteiger charge is -2.07. The molecule has 4 heteroatoms. The number of fused-ring (bicyclic) bond motifs is 1. The summed E-state index contributed by atoms with van der Waals surface area (Å²) in [5, 5.41) is 5.37. The van der Waals surface area contributed by atoms with Crippen LogP contribution in [-0.4, -0.2) is 14.7 Å². The van der Waals surface area contributed by atoms with E-state index in [-0.39, 0.29) is 0 Å². The average Bonchev–Trinajstić information content (AvgIpc) is 3.48. The molecule has 3 heterocycles. The highest BCUT2D eigenvalue weighted by Crippen LogP contribution is 2.35. The smallest absolute Gasteiger partial charge is 0.141 e. The van der Waals surface area contributed by atoms with Crippen molar-refractivity contribution in [3.8, 4) is 22.3 Å². The fourth-order valence-electron chi connectivity index (χ4n) is 4.29. The minimum absolute atomic E-state index is 0.718. The number of rotatable bonds is 6. The number of aromatic nitrogens is 3. The standard InChI is InChI=1S/C27H25N3O.C4H6.C2H6/c1-4-20-8-10-21(11-9-20)25-17-30(16-23-7-5-6-14-28-23)26-15-22(12-13-24(25)26)27-18(2)29-31-19(27)3;1-3-4-2;1-2/h5-15,17H,4,16H2,1-3H3;3-4H,1-2H2;1-2H3. The van der Waals surface area contributed by atoms with E-state index in [1.54, 1.807) is 12.2 Å². The number of pyridine rings is 1. The molecule has 0 atom stereocenters. The molecule has 0 radical (unpaired) electrons. The third-order valence-corrected chi connectivity index (χ3v) is 6.10. The molecule has 190 valence electrons. The summed E-state index contributed by atoms with van der Waals surface area (Å²) in [6.45, 7) is 17.6. The van der Waals surface area contributed by atoms with Crippen LogP contribution in [0, 0.1) is 13.8 Å². The molecule has 5 rings (SSSR count). The second kappa shape index (κ2) is 13.2. The number of allylic oxidation sites excluding steroid dienone is 2. The average molecular weight is 492 g/mol. The molecule has 2 aromatic carbocycles. The summed E-state index contributed by atoms with van der Waals surface area (Å²) >= 11 is 0. The first-order valence-corrected chi connectivity index (χ1v) is 12.8. The number of nitrogens with zero attached hydrogens (tertiary/aromatic N) is 3. The maximum absolute atomic E-state index is 5.42. The Morgan fingerprint density at radius 3 is 2.19 bits per heavy atom. The lowest BCUT2D eigenvalue weighted by molar-refractivity contribution is 0.393. The number of hydrogen-bond donors (Lipinski definition) is 0. The Labute approximate surface area is 221 Å². The predicted molar refractivity (Wildman–Crippen MR) is 157 cm³/mol. The topological polar surface area (TPSA) is 43.9 Å². The summed E-state index contributed by atoms with van der Waals surface area (Å²) < 4.78 is 7.71. The van der Waals surface area contributed by atoms with Crippen LogP contribution in [0.5, 0.6) is 0 Å². The quantitative estimate of drug-likeness (QED) is 0.223. The van der Waals surface area contributed by atoms with E-state index in [9.17, 15) is 0 Å². The second-order valence-electron chi connectivity index (χ2n) is 8.44. The van der Waals surface area contributed by atoms with Gasteiger partial charge < -0.3 is 9.09 Å². The van der Waals surface area contributed by atoms with Gasteiger partial charge in [-0.05, 0) is 55.2 Å². The third kappa shape index (κ3) is 6.34. The molecule has 0 N–H and O–H groups in total. The first-order valence-electron chi connectivity index (χ1n) is 12.8. The minimum Gasteiger partial charge on any atom is -0.361 e. The van der Waals surface area contributed by atoms with Gasteiger partial charge in [-0.25, -0.2) is 0 Å². The highest BCUT2D eigenvalue weighted by atomic mass is 16.5. The van der Waals surface area contributed by atoms with Crippen LogP contribution in [0.1, 0.15) is 43.5 Å². The molecule has 3 aromatic heterocycles. The van der Waals surface area contributed by atoms with E-state index in [1.165, 1.54) is 27.6 Å². The molecule has 0 spiro atoms. The van der Waals surface area contributed by atoms with Crippen molar-refractivity contribution >= 4 is 10.9 Å². The maximum atomic E-state index is 5.42. The molecule has 0 saturated carbocycles. The van der Waals surface area contributed by atoms with Gasteiger partial charge in [-0.3, -0.25) is 4.98 Å². The molecule has 0 aliphatic rings. The van der Waals surface area contributed by atoms with Crippen LogP contribution in [0.2, 0.25) is 0 Å². The second-order valence-corrected chi connectivity index (χ2v) is 8.44. The van der Waals surface area contributed by atoms with Crippen molar-refractivity contribution in [2.24, 2.45) is 0 Å². The van der Waals surface area contributed by atoms with E-state index in [4.69, 9.17) is 4.52 Å². The largest absolute Gasteiger partial charge is 0.361 e. The van der Waals surface area contributed by atoms with Crippen molar-refractivity contribution in [2.75, 3.05) is 0 Å². The first kappa shape index (κ1) is 27.4. The van der Waals surface area contributed by atoms with Gasteiger partial charge in [-0.1, -0.05) is 93.7 Å². The van der Waals surface area contributed by atoms with Gasteiger partial charge in [0.25, 0.3) is 0 Å². The third-order valence-electron chi connectivity index (χ3n) is 6.10. The lowest BCUT2D eigenvalue weighted by Crippen LogP contribution is -1.99. The molecule has 0 aliphatic carbocycles. The molecule has 0 bridgehead atoms. The van der Waals surface area contributed by atoms with Gasteiger partial charge in [-0.15, -0.1) is 0 Å². The highest BCUT2D eigenvalue weighted by Gasteiger charge is 2.16. The molecule has 0 unspecified atom stereocenters. The summed E-state index contributed by atoms with van der Waals surface area (Å²) in [6, 6.07) is 21.6. The van der Waals surface area contributed by atoms with Crippen molar-refractivity contribution in [3.05, 3.63) is 121 Å². The van der Waals surface area contributed by atoms with Gasteiger partial charge in [-0.2, -0.15) is 0 Å². The number of hydrogen-bond acceptors (Lipinski definition) is 3. The first-order chi connectivity index (χ1) is 18.0. The molecule has 0 aliphatic heterocycles. The van der Waals surface area contributed by atoms with Gasteiger partial charge in [0.15, 0.2) is 0 Å². The zero-order valence-electron chi connectivity index (χ0n) is 22.7. The fourth-order valence-corrected chi connectivity index (χ4v) is 4.29. The van der Waals surface area contributed by atoms with Crippen molar-refractivity contribution < 1.29 is 4.52 Å². The van der Waals surface area contributed by atoms with E-state index in [0.717, 1.165) is 41.2 Å². The van der Waals surface area contributed by atoms with Gasteiger partial charge in [0.05, 0.1) is 17.9 Å². The van der Waals surface area contributed by atoms with Gasteiger partial charge in [0.2, 0.25) is 0 Å². The number of benzene rings is 2. The fraction of sp³-hybridized carbons (Fsp3) is 0.212. The maximum Gasteiger partial charge on any atom is 0.141 e. The van der Waals surface area contributed by atoms with E-state index in [2.05, 4.69) is 89.5 Å². The summed E-state index contributed by atoms with van der Waals surface area (Å²) in [6.07, 6.45) is 8.42. The highest BCUT2D eigenvalue weighted by molar-refractivity contribution is 5.98. The Hall–Kier alpha value is -4.18. The van der Waals surface area contributed by atoms with E-state index in [1.807, 2.05) is 46.0 Å². The normalized spacial score (nSPS) is 10.2. The Morgan fingerprint density at radius 2 is 1.62 bits per heavy atom. The molecule has 5 aromatic rings. The van der Waals surface area contributed by atoms with Gasteiger partial charge >= 0.3 is 0 Å². The Balaban J connectivity index is 0.000000580. The van der Waals surface area contributed by atoms with Crippen molar-refractivity contribution in [1.82, 2.24) is 14.7 Å². The summed E-state index contributed by atoms with van der Waals surface area (Å²) in [5.74, 6) is 0.843. The number of aryl methyl sites for hydroxylation is 3. The van der Waals surface area contributed by atoms with Crippen LogP contribution in [0.3, 0.4) is 0 Å². The van der Waals surface area contributed by atoms with E-state index < -0.39 is 0 Å². The summed E-state index contributed by atoms with van der Waals surface area (Å²) in [4.78, 5) is 4.54. The Kier molecular flexibility index (Phi) is 9.79. The predicted octanol–water partition coefficient (Wildman–Crippen LogP) is 8.97. The molecular formula is C33H37N3O. The molecule has 0 fully saturated rings. The summed E-state index contributed by atoms with van der Waals surface area (Å²) in [7, 11) is 0. The van der Waals surface area contributed by atoms with Crippen molar-refractivity contribution in [1.29, 1.82) is 0 Å². The lowest BCUT2D eigenvalue weighted by atomic mass is 9.99. The van der Waals surface area contributed by atoms with Crippen LogP contribution in [0.15, 0.2) is 103 Å². The Bertz CT molecular complexity index is 1420. The van der Waals surface area contributed by atoms with Gasteiger partial charge in [0.1, 0.15) is 5.76 Å². The molecule has 0 saturated heterocycles. The van der Waals surface area contributed by atoms with Crippen LogP contribution in [0.25, 0.3) is 33.2 Å². The zero-order valence-corrected chi connectivity index (χ0v) is 22.7. The summed E-state index contributed by atoms with van der Waals surface area (Å²) in [5.41, 5.74) is 9.13. The molecule has 4 nitrogen and oxygen atoms in total. The SMILES string of the molecule is C=CC=C.CC.CCc1ccc(-c2cn(Cc3ccccn3)c3cc(-c4c(C)noc4C)ccc23)cc1.